The number of aromatic carboxylic acids is 1. The fraction of sp³-hybridized carbons (Fsp3) is 0.0769. The van der Waals surface area contributed by atoms with Crippen LogP contribution in [0.3, 0.4) is 0 Å². The first-order valence-corrected chi connectivity index (χ1v) is 6.01. The Hall–Kier alpha value is -1.88. The molecule has 18 heavy (non-hydrogen) atoms. The molecular weight excluding hydrogens is 298 g/mol. The number of hydrogen-bond acceptors (Lipinski definition) is 2. The van der Waals surface area contributed by atoms with Gasteiger partial charge in [-0.25, -0.2) is 4.79 Å². The maximum atomic E-state index is 11.7. The Balaban J connectivity index is 2.62. The van der Waals surface area contributed by atoms with Crippen molar-refractivity contribution in [3.05, 3.63) is 62.5 Å². The third kappa shape index (κ3) is 2.36. The van der Waals surface area contributed by atoms with Crippen molar-refractivity contribution in [2.75, 3.05) is 0 Å². The molecule has 0 bridgehead atoms. The van der Waals surface area contributed by atoms with Gasteiger partial charge in [0.15, 0.2) is 0 Å². The molecule has 0 amide bonds. The monoisotopic (exact) mass is 307 g/mol. The van der Waals surface area contributed by atoms with Crippen LogP contribution in [0.25, 0.3) is 5.69 Å². The second-order valence-electron chi connectivity index (χ2n) is 3.86. The maximum Gasteiger partial charge on any atom is 0.337 e. The van der Waals surface area contributed by atoms with Crippen LogP contribution in [-0.2, 0) is 0 Å². The van der Waals surface area contributed by atoms with E-state index in [2.05, 4.69) is 15.9 Å². The summed E-state index contributed by atoms with van der Waals surface area (Å²) >= 11 is 3.38. The zero-order valence-corrected chi connectivity index (χ0v) is 11.1. The minimum atomic E-state index is -1.06. The van der Waals surface area contributed by atoms with Crippen molar-refractivity contribution < 1.29 is 9.90 Å². The summed E-state index contributed by atoms with van der Waals surface area (Å²) in [5, 5.41) is 8.92. The van der Waals surface area contributed by atoms with Crippen molar-refractivity contribution >= 4 is 21.9 Å². The van der Waals surface area contributed by atoms with Crippen molar-refractivity contribution in [2.45, 2.75) is 6.92 Å². The van der Waals surface area contributed by atoms with E-state index in [1.165, 1.54) is 22.9 Å². The highest BCUT2D eigenvalue weighted by Gasteiger charge is 2.07. The van der Waals surface area contributed by atoms with E-state index in [0.29, 0.717) is 5.69 Å². The number of hydrogen-bond donors (Lipinski definition) is 1. The molecule has 2 rings (SSSR count). The van der Waals surface area contributed by atoms with E-state index in [4.69, 9.17) is 5.11 Å². The molecule has 1 aromatic heterocycles. The quantitative estimate of drug-likeness (QED) is 0.927. The summed E-state index contributed by atoms with van der Waals surface area (Å²) in [7, 11) is 0. The highest BCUT2D eigenvalue weighted by molar-refractivity contribution is 9.10. The largest absolute Gasteiger partial charge is 0.478 e. The summed E-state index contributed by atoms with van der Waals surface area (Å²) in [6, 6.07) is 7.95. The SMILES string of the molecule is Cc1ccc(-n2cc(C(=O)O)ccc2=O)cc1Br. The third-order valence-corrected chi connectivity index (χ3v) is 3.45. The van der Waals surface area contributed by atoms with Crippen molar-refractivity contribution in [3.8, 4) is 5.69 Å². The highest BCUT2D eigenvalue weighted by Crippen LogP contribution is 2.19. The van der Waals surface area contributed by atoms with Crippen LogP contribution in [0.5, 0.6) is 0 Å². The molecule has 1 N–H and O–H groups in total. The second-order valence-corrected chi connectivity index (χ2v) is 4.72. The molecule has 0 atom stereocenters. The molecule has 0 fully saturated rings. The van der Waals surface area contributed by atoms with Crippen LogP contribution in [0.15, 0.2) is 45.8 Å². The maximum absolute atomic E-state index is 11.7. The molecule has 0 saturated heterocycles. The zero-order valence-electron chi connectivity index (χ0n) is 9.55. The van der Waals surface area contributed by atoms with Gasteiger partial charge in [0.25, 0.3) is 5.56 Å². The summed E-state index contributed by atoms with van der Waals surface area (Å²) in [5.41, 5.74) is 1.48. The predicted octanol–water partition coefficient (Wildman–Crippen LogP) is 2.61. The van der Waals surface area contributed by atoms with E-state index in [-0.39, 0.29) is 11.1 Å². The summed E-state index contributed by atoms with van der Waals surface area (Å²) in [6.07, 6.45) is 1.32. The lowest BCUT2D eigenvalue weighted by molar-refractivity contribution is 0.0696. The number of halogens is 1. The average Bonchev–Trinajstić information content (AvgIpc) is 2.33. The van der Waals surface area contributed by atoms with Crippen LogP contribution in [0.4, 0.5) is 0 Å². The van der Waals surface area contributed by atoms with Gasteiger partial charge in [0.05, 0.1) is 5.56 Å². The summed E-state index contributed by atoms with van der Waals surface area (Å²) in [4.78, 5) is 22.6. The molecule has 0 spiro atoms. The Morgan fingerprint density at radius 2 is 2.00 bits per heavy atom. The molecule has 0 radical (unpaired) electrons. The van der Waals surface area contributed by atoms with Gasteiger partial charge in [0.1, 0.15) is 0 Å². The molecule has 0 aliphatic heterocycles. The Morgan fingerprint density at radius 1 is 1.28 bits per heavy atom. The Morgan fingerprint density at radius 3 is 2.61 bits per heavy atom. The first-order valence-electron chi connectivity index (χ1n) is 5.21. The van der Waals surface area contributed by atoms with Gasteiger partial charge in [0, 0.05) is 22.4 Å². The van der Waals surface area contributed by atoms with Crippen molar-refractivity contribution in [3.63, 3.8) is 0 Å². The number of aromatic nitrogens is 1. The first kappa shape index (κ1) is 12.6. The lowest BCUT2D eigenvalue weighted by Gasteiger charge is -2.08. The fourth-order valence-electron chi connectivity index (χ4n) is 1.55. The lowest BCUT2D eigenvalue weighted by atomic mass is 10.2. The van der Waals surface area contributed by atoms with Crippen LogP contribution >= 0.6 is 15.9 Å². The van der Waals surface area contributed by atoms with E-state index in [0.717, 1.165) is 10.0 Å². The van der Waals surface area contributed by atoms with Gasteiger partial charge in [-0.3, -0.25) is 9.36 Å². The molecule has 0 saturated carbocycles. The van der Waals surface area contributed by atoms with Gasteiger partial charge in [0.2, 0.25) is 0 Å². The standard InChI is InChI=1S/C13H10BrNO3/c1-8-2-4-10(6-11(8)14)15-7-9(13(17)18)3-5-12(15)16/h2-7H,1H3,(H,17,18). The molecule has 0 aliphatic carbocycles. The number of nitrogens with zero attached hydrogens (tertiary/aromatic N) is 1. The molecule has 0 aliphatic rings. The molecule has 5 heteroatoms. The summed E-state index contributed by atoms with van der Waals surface area (Å²) < 4.78 is 2.18. The van der Waals surface area contributed by atoms with Gasteiger partial charge >= 0.3 is 5.97 Å². The van der Waals surface area contributed by atoms with Crippen molar-refractivity contribution in [2.24, 2.45) is 0 Å². The third-order valence-electron chi connectivity index (χ3n) is 2.59. The van der Waals surface area contributed by atoms with Gasteiger partial charge in [-0.05, 0) is 30.7 Å². The molecule has 1 aromatic carbocycles. The van der Waals surface area contributed by atoms with Gasteiger partial charge in [-0.2, -0.15) is 0 Å². The lowest BCUT2D eigenvalue weighted by Crippen LogP contribution is -2.18. The van der Waals surface area contributed by atoms with Gasteiger partial charge in [-0.15, -0.1) is 0 Å². The molecule has 4 nitrogen and oxygen atoms in total. The van der Waals surface area contributed by atoms with Crippen LogP contribution < -0.4 is 5.56 Å². The molecule has 1 heterocycles. The Bertz CT molecular complexity index is 676. The molecule has 92 valence electrons. The minimum Gasteiger partial charge on any atom is -0.478 e. The van der Waals surface area contributed by atoms with Crippen LogP contribution in [-0.4, -0.2) is 15.6 Å². The second kappa shape index (κ2) is 4.78. The number of aryl methyl sites for hydroxylation is 1. The normalized spacial score (nSPS) is 10.3. The van der Waals surface area contributed by atoms with Gasteiger partial charge < -0.3 is 5.11 Å². The topological polar surface area (TPSA) is 59.3 Å². The van der Waals surface area contributed by atoms with Crippen LogP contribution in [0.2, 0.25) is 0 Å². The molecule has 0 unspecified atom stereocenters. The molecule has 2 aromatic rings. The number of rotatable bonds is 2. The van der Waals surface area contributed by atoms with E-state index >= 15 is 0 Å². The number of carbonyl (C=O) groups is 1. The number of pyridine rings is 1. The number of carboxylic acids is 1. The van der Waals surface area contributed by atoms with Gasteiger partial charge in [-0.1, -0.05) is 22.0 Å². The van der Waals surface area contributed by atoms with E-state index in [1.54, 1.807) is 12.1 Å². The Labute approximate surface area is 112 Å². The predicted molar refractivity (Wildman–Crippen MR) is 71.4 cm³/mol. The summed E-state index contributed by atoms with van der Waals surface area (Å²) in [5.74, 6) is -1.06. The first-order chi connectivity index (χ1) is 8.49. The Kier molecular flexibility index (Phi) is 3.34. The smallest absolute Gasteiger partial charge is 0.337 e. The average molecular weight is 308 g/mol. The number of carboxylic acid groups (broad SMARTS) is 1. The van der Waals surface area contributed by atoms with Crippen LogP contribution in [0, 0.1) is 6.92 Å². The van der Waals surface area contributed by atoms with E-state index < -0.39 is 5.97 Å². The highest BCUT2D eigenvalue weighted by atomic mass is 79.9. The number of benzene rings is 1. The van der Waals surface area contributed by atoms with E-state index in [9.17, 15) is 9.59 Å². The van der Waals surface area contributed by atoms with Crippen molar-refractivity contribution in [1.29, 1.82) is 0 Å². The molecular formula is C13H10BrNO3. The summed E-state index contributed by atoms with van der Waals surface area (Å²) in [6.45, 7) is 1.93. The zero-order chi connectivity index (χ0) is 13.3. The van der Waals surface area contributed by atoms with Crippen molar-refractivity contribution in [1.82, 2.24) is 4.57 Å². The minimum absolute atomic E-state index is 0.0753. The van der Waals surface area contributed by atoms with E-state index in [1.807, 2.05) is 13.0 Å². The fourth-order valence-corrected chi connectivity index (χ4v) is 1.91. The van der Waals surface area contributed by atoms with Crippen LogP contribution in [0.1, 0.15) is 15.9 Å².